The number of nitrogens with one attached hydrogen (secondary N) is 2. The maximum Gasteiger partial charge on any atom is 0.326 e. The van der Waals surface area contributed by atoms with Gasteiger partial charge in [-0.1, -0.05) is 18.3 Å². The van der Waals surface area contributed by atoms with E-state index in [-0.39, 0.29) is 7.12 Å². The molecule has 2 N–H and O–H groups in total. The molecule has 0 unspecified atom stereocenters. The Labute approximate surface area is 123 Å². The Morgan fingerprint density at radius 1 is 1.35 bits per heavy atom. The predicted octanol–water partition coefficient (Wildman–Crippen LogP) is 1.25. The van der Waals surface area contributed by atoms with E-state index in [9.17, 15) is 4.79 Å². The van der Waals surface area contributed by atoms with Crippen molar-refractivity contribution in [2.75, 3.05) is 26.2 Å². The number of H-pyrrole nitrogens is 1. The van der Waals surface area contributed by atoms with Crippen LogP contribution in [-0.2, 0) is 13.6 Å². The highest BCUT2D eigenvalue weighted by Crippen LogP contribution is 2.15. The van der Waals surface area contributed by atoms with Crippen LogP contribution in [0.15, 0.2) is 23.0 Å². The Morgan fingerprint density at radius 3 is 2.85 bits per heavy atom. The molecule has 1 fully saturated rings. The number of aromatic nitrogens is 2. The van der Waals surface area contributed by atoms with Crippen molar-refractivity contribution >= 4 is 23.1 Å². The van der Waals surface area contributed by atoms with Crippen LogP contribution < -0.4 is 11.0 Å². The smallest absolute Gasteiger partial charge is 0.314 e. The second-order valence-electron chi connectivity index (χ2n) is 5.20. The molecule has 20 heavy (non-hydrogen) atoms. The van der Waals surface area contributed by atoms with Gasteiger partial charge in [0, 0.05) is 46.6 Å². The van der Waals surface area contributed by atoms with Crippen molar-refractivity contribution < 1.29 is 1.43 Å². The van der Waals surface area contributed by atoms with Crippen LogP contribution >= 0.6 is 12.2 Å². The Kier molecular flexibility index (Phi) is 3.69. The van der Waals surface area contributed by atoms with Gasteiger partial charge >= 0.3 is 5.69 Å². The van der Waals surface area contributed by atoms with E-state index in [4.69, 9.17) is 12.2 Å². The molecule has 1 saturated heterocycles. The van der Waals surface area contributed by atoms with E-state index in [1.165, 1.54) is 10.1 Å². The standard InChI is InChI=1S/C14H18N4OS.H2/c1-17-13(20)11-3-2-10(8-12(11)16-14(17)19)9-18-6-4-15-5-7-18;/h2-3,8,15H,4-7,9H2,1H3,(H,16,19);1H. The number of hydrogen-bond donors (Lipinski definition) is 2. The SMILES string of the molecule is Cn1c(=O)[nH]c2cc(CN3CCNCC3)ccc2c1=S.[HH]. The molecular weight excluding hydrogens is 272 g/mol. The number of hydrogen-bond acceptors (Lipinski definition) is 4. The molecule has 0 atom stereocenters. The van der Waals surface area contributed by atoms with Crippen LogP contribution in [0.1, 0.15) is 6.99 Å². The lowest BCUT2D eigenvalue weighted by atomic mass is 10.1. The topological polar surface area (TPSA) is 53.1 Å². The summed E-state index contributed by atoms with van der Waals surface area (Å²) in [7, 11) is 1.69. The van der Waals surface area contributed by atoms with Crippen molar-refractivity contribution in [2.24, 2.45) is 7.05 Å². The highest BCUT2D eigenvalue weighted by molar-refractivity contribution is 7.71. The number of piperazine rings is 1. The number of rotatable bonds is 2. The van der Waals surface area contributed by atoms with Crippen molar-refractivity contribution in [3.63, 3.8) is 0 Å². The van der Waals surface area contributed by atoms with Crippen LogP contribution in [0.2, 0.25) is 0 Å². The first kappa shape index (κ1) is 13.5. The molecule has 1 aromatic heterocycles. The molecule has 0 radical (unpaired) electrons. The first-order valence-electron chi connectivity index (χ1n) is 6.80. The molecule has 1 aromatic carbocycles. The van der Waals surface area contributed by atoms with Gasteiger partial charge in [0.2, 0.25) is 0 Å². The second-order valence-corrected chi connectivity index (χ2v) is 5.59. The van der Waals surface area contributed by atoms with Crippen molar-refractivity contribution in [3.05, 3.63) is 38.9 Å². The summed E-state index contributed by atoms with van der Waals surface area (Å²) in [6, 6.07) is 6.14. The van der Waals surface area contributed by atoms with E-state index >= 15 is 0 Å². The summed E-state index contributed by atoms with van der Waals surface area (Å²) in [5.41, 5.74) is 1.87. The molecule has 6 heteroatoms. The molecule has 0 spiro atoms. The maximum atomic E-state index is 11.8. The molecule has 0 amide bonds. The molecule has 108 valence electrons. The monoisotopic (exact) mass is 292 g/mol. The van der Waals surface area contributed by atoms with Crippen molar-refractivity contribution in [1.29, 1.82) is 0 Å². The third-order valence-corrected chi connectivity index (χ3v) is 4.27. The van der Waals surface area contributed by atoms with E-state index in [1.54, 1.807) is 7.05 Å². The van der Waals surface area contributed by atoms with E-state index in [2.05, 4.69) is 21.3 Å². The highest BCUT2D eigenvalue weighted by atomic mass is 32.1. The van der Waals surface area contributed by atoms with Crippen LogP contribution in [0.25, 0.3) is 10.9 Å². The summed E-state index contributed by atoms with van der Waals surface area (Å²) < 4.78 is 2.05. The Hall–Kier alpha value is -1.50. The average Bonchev–Trinajstić information content (AvgIpc) is 2.46. The predicted molar refractivity (Wildman–Crippen MR) is 84.6 cm³/mol. The van der Waals surface area contributed by atoms with Crippen molar-refractivity contribution in [3.8, 4) is 0 Å². The summed E-state index contributed by atoms with van der Waals surface area (Å²) in [5.74, 6) is 0. The van der Waals surface area contributed by atoms with Gasteiger partial charge in [0.1, 0.15) is 4.64 Å². The second kappa shape index (κ2) is 5.47. The van der Waals surface area contributed by atoms with Crippen LogP contribution in [-0.4, -0.2) is 40.6 Å². The van der Waals surface area contributed by atoms with Crippen LogP contribution in [0.4, 0.5) is 0 Å². The number of aromatic amines is 1. The zero-order chi connectivity index (χ0) is 14.1. The van der Waals surface area contributed by atoms with E-state index in [0.29, 0.717) is 4.64 Å². The number of benzene rings is 1. The van der Waals surface area contributed by atoms with E-state index in [0.717, 1.165) is 43.6 Å². The van der Waals surface area contributed by atoms with Gasteiger partial charge < -0.3 is 10.3 Å². The molecule has 0 aliphatic carbocycles. The van der Waals surface area contributed by atoms with Crippen LogP contribution in [0.3, 0.4) is 0 Å². The fourth-order valence-electron chi connectivity index (χ4n) is 2.58. The molecule has 3 rings (SSSR count). The normalized spacial score (nSPS) is 16.6. The summed E-state index contributed by atoms with van der Waals surface area (Å²) in [4.78, 5) is 17.1. The molecule has 2 heterocycles. The van der Waals surface area contributed by atoms with Gasteiger partial charge in [0.05, 0.1) is 5.52 Å². The summed E-state index contributed by atoms with van der Waals surface area (Å²) >= 11 is 5.31. The highest BCUT2D eigenvalue weighted by Gasteiger charge is 2.10. The lowest BCUT2D eigenvalue weighted by Crippen LogP contribution is -2.42. The van der Waals surface area contributed by atoms with Gasteiger partial charge in [0.15, 0.2) is 0 Å². The minimum Gasteiger partial charge on any atom is -0.314 e. The third kappa shape index (κ3) is 2.54. The van der Waals surface area contributed by atoms with Crippen molar-refractivity contribution in [1.82, 2.24) is 19.8 Å². The Balaban J connectivity index is 0.00000161. The van der Waals surface area contributed by atoms with Gasteiger partial charge in [-0.15, -0.1) is 0 Å². The van der Waals surface area contributed by atoms with Gasteiger partial charge in [0.25, 0.3) is 0 Å². The van der Waals surface area contributed by atoms with Gasteiger partial charge in [-0.25, -0.2) is 4.79 Å². The van der Waals surface area contributed by atoms with Crippen molar-refractivity contribution in [2.45, 2.75) is 6.54 Å². The molecule has 2 aromatic rings. The van der Waals surface area contributed by atoms with Gasteiger partial charge in [-0.3, -0.25) is 9.47 Å². The average molecular weight is 292 g/mol. The summed E-state index contributed by atoms with van der Waals surface area (Å²) in [6.45, 7) is 5.11. The zero-order valence-corrected chi connectivity index (χ0v) is 12.3. The molecule has 5 nitrogen and oxygen atoms in total. The largest absolute Gasteiger partial charge is 0.326 e. The molecular formula is C14H20N4OS. The van der Waals surface area contributed by atoms with E-state index in [1.807, 2.05) is 12.1 Å². The quantitative estimate of drug-likeness (QED) is 0.818. The summed E-state index contributed by atoms with van der Waals surface area (Å²) in [6.07, 6.45) is 0. The fourth-order valence-corrected chi connectivity index (χ4v) is 2.84. The third-order valence-electron chi connectivity index (χ3n) is 3.78. The van der Waals surface area contributed by atoms with Gasteiger partial charge in [-0.2, -0.15) is 0 Å². The molecule has 1 aliphatic heterocycles. The molecule has 0 bridgehead atoms. The zero-order valence-electron chi connectivity index (χ0n) is 11.5. The molecule has 1 aliphatic rings. The summed E-state index contributed by atoms with van der Waals surface area (Å²) in [5, 5.41) is 4.27. The molecule has 0 saturated carbocycles. The fraction of sp³-hybridized carbons (Fsp3) is 0.429. The number of fused-ring (bicyclic) bond motifs is 1. The minimum absolute atomic E-state index is 0. The first-order chi connectivity index (χ1) is 9.65. The first-order valence-corrected chi connectivity index (χ1v) is 7.21. The minimum atomic E-state index is -0.165. The lowest BCUT2D eigenvalue weighted by molar-refractivity contribution is 0.233. The lowest BCUT2D eigenvalue weighted by Gasteiger charge is -2.27. The van der Waals surface area contributed by atoms with Crippen LogP contribution in [0, 0.1) is 4.64 Å². The van der Waals surface area contributed by atoms with Crippen LogP contribution in [0.5, 0.6) is 0 Å². The maximum absolute atomic E-state index is 11.8. The number of nitrogens with zero attached hydrogens (tertiary/aromatic N) is 2. The van der Waals surface area contributed by atoms with Gasteiger partial charge in [-0.05, 0) is 17.7 Å². The Morgan fingerprint density at radius 2 is 2.10 bits per heavy atom. The van der Waals surface area contributed by atoms with E-state index < -0.39 is 0 Å². The Bertz CT molecular complexity index is 749.